The van der Waals surface area contributed by atoms with Crippen molar-refractivity contribution in [2.24, 2.45) is 0 Å². The van der Waals surface area contributed by atoms with Crippen molar-refractivity contribution in [2.45, 2.75) is 25.2 Å². The van der Waals surface area contributed by atoms with Gasteiger partial charge in [-0.15, -0.1) is 0 Å². The van der Waals surface area contributed by atoms with Crippen LogP contribution in [0.1, 0.15) is 12.5 Å². The van der Waals surface area contributed by atoms with Crippen molar-refractivity contribution in [3.8, 4) is 22.9 Å². The number of halogens is 3. The highest BCUT2D eigenvalue weighted by Crippen LogP contribution is 2.37. The SMILES string of the molecule is CCOC(=O)N1CC(Oc2cccc(-c3cccc(C#N)c3)c2)C1C(F)(F)F. The highest BCUT2D eigenvalue weighted by atomic mass is 19.4. The Morgan fingerprint density at radius 3 is 2.54 bits per heavy atom. The van der Waals surface area contributed by atoms with Gasteiger partial charge in [-0.1, -0.05) is 24.3 Å². The summed E-state index contributed by atoms with van der Waals surface area (Å²) in [6, 6.07) is 13.5. The van der Waals surface area contributed by atoms with E-state index in [0.29, 0.717) is 16.0 Å². The molecule has 1 saturated heterocycles. The van der Waals surface area contributed by atoms with Crippen molar-refractivity contribution in [2.75, 3.05) is 13.2 Å². The Bertz CT molecular complexity index is 908. The topological polar surface area (TPSA) is 62.6 Å². The lowest BCUT2D eigenvalue weighted by Crippen LogP contribution is -2.69. The summed E-state index contributed by atoms with van der Waals surface area (Å²) in [6.07, 6.45) is -6.86. The van der Waals surface area contributed by atoms with Gasteiger partial charge in [-0.05, 0) is 42.3 Å². The van der Waals surface area contributed by atoms with Gasteiger partial charge in [0.05, 0.1) is 24.8 Å². The molecule has 0 spiro atoms. The minimum atomic E-state index is -4.63. The fraction of sp³-hybridized carbons (Fsp3) is 0.300. The predicted octanol–water partition coefficient (Wildman–Crippen LogP) is 4.38. The molecule has 0 aliphatic carbocycles. The number of amides is 1. The third kappa shape index (κ3) is 4.03. The van der Waals surface area contributed by atoms with E-state index in [4.69, 9.17) is 10.00 Å². The molecule has 0 aromatic heterocycles. The Labute approximate surface area is 159 Å². The second-order valence-electron chi connectivity index (χ2n) is 6.21. The monoisotopic (exact) mass is 390 g/mol. The number of rotatable bonds is 4. The highest BCUT2D eigenvalue weighted by molar-refractivity contribution is 5.70. The standard InChI is InChI=1S/C20H17F3N2O3/c1-2-27-19(26)25-12-17(18(25)20(21,22)23)28-16-8-4-7-15(10-16)14-6-3-5-13(9-14)11-24/h3-10,17-18H,2,12H2,1H3. The van der Waals surface area contributed by atoms with Gasteiger partial charge in [0.1, 0.15) is 11.9 Å². The van der Waals surface area contributed by atoms with Crippen molar-refractivity contribution >= 4 is 6.09 Å². The molecule has 2 aromatic rings. The van der Waals surface area contributed by atoms with Gasteiger partial charge in [-0.3, -0.25) is 4.90 Å². The average molecular weight is 390 g/mol. The molecule has 8 heteroatoms. The number of hydrogen-bond acceptors (Lipinski definition) is 4. The zero-order valence-electron chi connectivity index (χ0n) is 14.9. The zero-order valence-corrected chi connectivity index (χ0v) is 14.9. The molecule has 28 heavy (non-hydrogen) atoms. The Balaban J connectivity index is 1.78. The fourth-order valence-corrected chi connectivity index (χ4v) is 3.05. The van der Waals surface area contributed by atoms with Gasteiger partial charge >= 0.3 is 12.3 Å². The van der Waals surface area contributed by atoms with E-state index in [2.05, 4.69) is 4.74 Å². The fourth-order valence-electron chi connectivity index (χ4n) is 3.05. The number of ether oxygens (including phenoxy) is 2. The van der Waals surface area contributed by atoms with Crippen molar-refractivity contribution in [1.29, 1.82) is 5.26 Å². The molecule has 146 valence electrons. The first kappa shape index (κ1) is 19.5. The van der Waals surface area contributed by atoms with Crippen LogP contribution in [0.3, 0.4) is 0 Å². The van der Waals surface area contributed by atoms with Gasteiger partial charge in [0.15, 0.2) is 6.04 Å². The van der Waals surface area contributed by atoms with E-state index in [0.717, 1.165) is 5.56 Å². The first-order valence-electron chi connectivity index (χ1n) is 8.61. The maximum atomic E-state index is 13.4. The summed E-state index contributed by atoms with van der Waals surface area (Å²) in [6.45, 7) is 1.31. The van der Waals surface area contributed by atoms with Crippen LogP contribution in [0.2, 0.25) is 0 Å². The summed E-state index contributed by atoms with van der Waals surface area (Å²) in [5, 5.41) is 9.01. The quantitative estimate of drug-likeness (QED) is 0.778. The maximum absolute atomic E-state index is 13.4. The van der Waals surface area contributed by atoms with E-state index in [1.807, 2.05) is 6.07 Å². The molecule has 0 bridgehead atoms. The smallest absolute Gasteiger partial charge is 0.412 e. The molecular formula is C20H17F3N2O3. The number of alkyl halides is 3. The Morgan fingerprint density at radius 2 is 1.89 bits per heavy atom. The average Bonchev–Trinajstić information content (AvgIpc) is 2.63. The summed E-state index contributed by atoms with van der Waals surface area (Å²) in [4.78, 5) is 12.3. The molecule has 0 radical (unpaired) electrons. The molecule has 5 nitrogen and oxygen atoms in total. The third-order valence-corrected chi connectivity index (χ3v) is 4.35. The Hall–Kier alpha value is -3.21. The molecule has 1 aliphatic heterocycles. The van der Waals surface area contributed by atoms with Crippen LogP contribution in [0.4, 0.5) is 18.0 Å². The number of carbonyl (C=O) groups is 1. The number of likely N-dealkylation sites (tertiary alicyclic amines) is 1. The molecule has 2 unspecified atom stereocenters. The van der Waals surface area contributed by atoms with Gasteiger partial charge in [0.2, 0.25) is 0 Å². The predicted molar refractivity (Wildman–Crippen MR) is 94.6 cm³/mol. The minimum absolute atomic E-state index is 0.00472. The van der Waals surface area contributed by atoms with Crippen LogP contribution in [0.5, 0.6) is 5.75 Å². The lowest BCUT2D eigenvalue weighted by Gasteiger charge is -2.46. The molecule has 1 amide bonds. The molecule has 1 aliphatic rings. The Morgan fingerprint density at radius 1 is 1.21 bits per heavy atom. The molecule has 1 fully saturated rings. The second-order valence-corrected chi connectivity index (χ2v) is 6.21. The molecule has 0 N–H and O–H groups in total. The summed E-state index contributed by atoms with van der Waals surface area (Å²) in [7, 11) is 0. The van der Waals surface area contributed by atoms with Crippen LogP contribution in [-0.2, 0) is 4.74 Å². The molecule has 2 atom stereocenters. The van der Waals surface area contributed by atoms with E-state index in [1.54, 1.807) is 48.5 Å². The minimum Gasteiger partial charge on any atom is -0.486 e. The van der Waals surface area contributed by atoms with E-state index in [1.165, 1.54) is 6.92 Å². The third-order valence-electron chi connectivity index (χ3n) is 4.35. The van der Waals surface area contributed by atoms with Gasteiger partial charge in [0, 0.05) is 0 Å². The number of carbonyl (C=O) groups excluding carboxylic acids is 1. The summed E-state index contributed by atoms with van der Waals surface area (Å²) in [5.74, 6) is 0.252. The molecule has 1 heterocycles. The number of benzene rings is 2. The van der Waals surface area contributed by atoms with Crippen LogP contribution >= 0.6 is 0 Å². The second kappa shape index (κ2) is 7.80. The van der Waals surface area contributed by atoms with Gasteiger partial charge in [-0.2, -0.15) is 18.4 Å². The highest BCUT2D eigenvalue weighted by Gasteiger charge is 2.59. The van der Waals surface area contributed by atoms with E-state index in [9.17, 15) is 18.0 Å². The molecule has 2 aromatic carbocycles. The largest absolute Gasteiger partial charge is 0.486 e. The number of nitriles is 1. The Kier molecular flexibility index (Phi) is 5.45. The van der Waals surface area contributed by atoms with Gasteiger partial charge in [-0.25, -0.2) is 4.79 Å². The van der Waals surface area contributed by atoms with Crippen LogP contribution in [0.15, 0.2) is 48.5 Å². The molecule has 3 rings (SSSR count). The first-order chi connectivity index (χ1) is 13.3. The maximum Gasteiger partial charge on any atom is 0.412 e. The molecular weight excluding hydrogens is 373 g/mol. The van der Waals surface area contributed by atoms with Crippen LogP contribution < -0.4 is 4.74 Å². The molecule has 0 saturated carbocycles. The van der Waals surface area contributed by atoms with Crippen LogP contribution in [-0.4, -0.2) is 42.5 Å². The number of hydrogen-bond donors (Lipinski definition) is 0. The lowest BCUT2D eigenvalue weighted by atomic mass is 9.99. The van der Waals surface area contributed by atoms with Crippen molar-refractivity contribution in [1.82, 2.24) is 4.90 Å². The number of nitrogens with zero attached hydrogens (tertiary/aromatic N) is 2. The van der Waals surface area contributed by atoms with E-state index < -0.39 is 24.4 Å². The van der Waals surface area contributed by atoms with Crippen molar-refractivity contribution in [3.05, 3.63) is 54.1 Å². The van der Waals surface area contributed by atoms with Crippen molar-refractivity contribution < 1.29 is 27.4 Å². The summed E-state index contributed by atoms with van der Waals surface area (Å²) < 4.78 is 50.3. The van der Waals surface area contributed by atoms with Gasteiger partial charge < -0.3 is 9.47 Å². The lowest BCUT2D eigenvalue weighted by molar-refractivity contribution is -0.233. The van der Waals surface area contributed by atoms with Gasteiger partial charge in [0.25, 0.3) is 0 Å². The van der Waals surface area contributed by atoms with E-state index in [-0.39, 0.29) is 18.9 Å². The van der Waals surface area contributed by atoms with E-state index >= 15 is 0 Å². The first-order valence-corrected chi connectivity index (χ1v) is 8.61. The normalized spacial score (nSPS) is 18.8. The summed E-state index contributed by atoms with van der Waals surface area (Å²) in [5.41, 5.74) is 1.93. The van der Waals surface area contributed by atoms with Crippen LogP contribution in [0.25, 0.3) is 11.1 Å². The van der Waals surface area contributed by atoms with Crippen LogP contribution in [0, 0.1) is 11.3 Å². The zero-order chi connectivity index (χ0) is 20.3. The summed E-state index contributed by atoms with van der Waals surface area (Å²) >= 11 is 0. The van der Waals surface area contributed by atoms with Crippen molar-refractivity contribution in [3.63, 3.8) is 0 Å².